The molecule has 1 fully saturated rings. The number of aryl methyl sites for hydroxylation is 1. The van der Waals surface area contributed by atoms with Crippen molar-refractivity contribution in [1.82, 2.24) is 4.98 Å². The maximum absolute atomic E-state index is 4.51. The summed E-state index contributed by atoms with van der Waals surface area (Å²) in [6.07, 6.45) is 0. The van der Waals surface area contributed by atoms with Crippen LogP contribution in [0.15, 0.2) is 28.2 Å². The molecule has 1 aliphatic heterocycles. The minimum Gasteiger partial charge on any atom is -0.368 e. The minimum atomic E-state index is 0.939. The van der Waals surface area contributed by atoms with Crippen LogP contribution >= 0.6 is 27.3 Å². The maximum Gasteiger partial charge on any atom is 0.186 e. The van der Waals surface area contributed by atoms with E-state index in [0.29, 0.717) is 0 Å². The largest absolute Gasteiger partial charge is 0.368 e. The Bertz CT molecular complexity index is 603. The molecule has 0 saturated carbocycles. The molecular formula is C15H18BrN3S. The van der Waals surface area contributed by atoms with Crippen molar-refractivity contribution in [2.24, 2.45) is 0 Å². The average molecular weight is 352 g/mol. The summed E-state index contributed by atoms with van der Waals surface area (Å²) in [7, 11) is 0. The van der Waals surface area contributed by atoms with Crippen LogP contribution in [0.2, 0.25) is 0 Å². The van der Waals surface area contributed by atoms with Crippen molar-refractivity contribution in [2.75, 3.05) is 36.0 Å². The maximum atomic E-state index is 4.51. The van der Waals surface area contributed by atoms with E-state index in [4.69, 9.17) is 0 Å². The summed E-state index contributed by atoms with van der Waals surface area (Å²) in [5.41, 5.74) is 4.15. The highest BCUT2D eigenvalue weighted by molar-refractivity contribution is 9.10. The zero-order valence-corrected chi connectivity index (χ0v) is 14.2. The second kappa shape index (κ2) is 5.74. The topological polar surface area (TPSA) is 19.4 Å². The second-order valence-corrected chi connectivity index (χ2v) is 6.79. The summed E-state index contributed by atoms with van der Waals surface area (Å²) in [5, 5.41) is 3.17. The molecule has 3 rings (SSSR count). The summed E-state index contributed by atoms with van der Waals surface area (Å²) >= 11 is 5.14. The fourth-order valence-electron chi connectivity index (χ4n) is 2.61. The predicted molar refractivity (Wildman–Crippen MR) is 90.2 cm³/mol. The van der Waals surface area contributed by atoms with Gasteiger partial charge in [0.1, 0.15) is 4.60 Å². The molecule has 0 unspecified atom stereocenters. The lowest BCUT2D eigenvalue weighted by molar-refractivity contribution is 0.650. The Morgan fingerprint density at radius 2 is 1.80 bits per heavy atom. The number of nitrogens with zero attached hydrogens (tertiary/aromatic N) is 3. The van der Waals surface area contributed by atoms with Crippen LogP contribution in [0, 0.1) is 13.8 Å². The normalized spacial score (nSPS) is 15.8. The SMILES string of the molecule is Cc1cccc(N2CCN(c3nc(Br)cs3)CC2)c1C. The molecule has 2 aromatic rings. The van der Waals surface area contributed by atoms with E-state index in [1.165, 1.54) is 16.8 Å². The highest BCUT2D eigenvalue weighted by Crippen LogP contribution is 2.27. The summed E-state index contributed by atoms with van der Waals surface area (Å²) in [4.78, 5) is 9.37. The van der Waals surface area contributed by atoms with Crippen LogP contribution in [0.4, 0.5) is 10.8 Å². The summed E-state index contributed by atoms with van der Waals surface area (Å²) in [5.74, 6) is 0. The van der Waals surface area contributed by atoms with Crippen molar-refractivity contribution in [3.8, 4) is 0 Å². The van der Waals surface area contributed by atoms with Gasteiger partial charge < -0.3 is 9.80 Å². The molecule has 0 radical (unpaired) electrons. The number of rotatable bonds is 2. The van der Waals surface area contributed by atoms with Gasteiger partial charge in [-0.3, -0.25) is 0 Å². The van der Waals surface area contributed by atoms with Gasteiger partial charge in [0.2, 0.25) is 0 Å². The first-order chi connectivity index (χ1) is 9.65. The molecule has 0 atom stereocenters. The number of hydrogen-bond acceptors (Lipinski definition) is 4. The van der Waals surface area contributed by atoms with E-state index in [1.54, 1.807) is 11.3 Å². The number of benzene rings is 1. The van der Waals surface area contributed by atoms with Crippen LogP contribution in [0.25, 0.3) is 0 Å². The van der Waals surface area contributed by atoms with Gasteiger partial charge in [0.05, 0.1) is 0 Å². The number of halogens is 1. The molecule has 1 aromatic carbocycles. The van der Waals surface area contributed by atoms with Crippen LogP contribution in [0.5, 0.6) is 0 Å². The molecule has 5 heteroatoms. The average Bonchev–Trinajstić information content (AvgIpc) is 2.89. The van der Waals surface area contributed by atoms with Crippen molar-refractivity contribution in [2.45, 2.75) is 13.8 Å². The number of hydrogen-bond donors (Lipinski definition) is 0. The number of thiazole rings is 1. The molecule has 3 nitrogen and oxygen atoms in total. The summed E-state index contributed by atoms with van der Waals surface area (Å²) in [6.45, 7) is 8.58. The Balaban J connectivity index is 1.71. The fourth-order valence-corrected chi connectivity index (χ4v) is 3.91. The lowest BCUT2D eigenvalue weighted by Gasteiger charge is -2.36. The molecule has 1 aliphatic rings. The van der Waals surface area contributed by atoms with Crippen LogP contribution in [-0.4, -0.2) is 31.2 Å². The molecule has 0 bridgehead atoms. The summed E-state index contributed by atoms with van der Waals surface area (Å²) in [6, 6.07) is 6.57. The summed E-state index contributed by atoms with van der Waals surface area (Å²) < 4.78 is 0.939. The Kier molecular flexibility index (Phi) is 3.98. The van der Waals surface area contributed by atoms with Crippen molar-refractivity contribution in [1.29, 1.82) is 0 Å². The molecule has 1 aromatic heterocycles. The fraction of sp³-hybridized carbons (Fsp3) is 0.400. The van der Waals surface area contributed by atoms with Gasteiger partial charge in [-0.05, 0) is 47.0 Å². The smallest absolute Gasteiger partial charge is 0.186 e. The first kappa shape index (κ1) is 13.9. The number of aromatic nitrogens is 1. The first-order valence-corrected chi connectivity index (χ1v) is 8.49. The zero-order valence-electron chi connectivity index (χ0n) is 11.8. The second-order valence-electron chi connectivity index (χ2n) is 5.15. The molecule has 0 N–H and O–H groups in total. The van der Waals surface area contributed by atoms with E-state index in [0.717, 1.165) is 35.9 Å². The third kappa shape index (κ3) is 2.69. The highest BCUT2D eigenvalue weighted by atomic mass is 79.9. The third-order valence-corrected chi connectivity index (χ3v) is 5.54. The quantitative estimate of drug-likeness (QED) is 0.819. The van der Waals surface area contributed by atoms with E-state index >= 15 is 0 Å². The predicted octanol–water partition coefficient (Wildman–Crippen LogP) is 3.85. The van der Waals surface area contributed by atoms with Crippen molar-refractivity contribution in [3.05, 3.63) is 39.3 Å². The monoisotopic (exact) mass is 351 g/mol. The van der Waals surface area contributed by atoms with Gasteiger partial charge in [-0.25, -0.2) is 4.98 Å². The van der Waals surface area contributed by atoms with E-state index in [9.17, 15) is 0 Å². The number of piperazine rings is 1. The van der Waals surface area contributed by atoms with E-state index in [-0.39, 0.29) is 0 Å². The molecule has 0 spiro atoms. The molecule has 0 amide bonds. The van der Waals surface area contributed by atoms with Gasteiger partial charge in [-0.2, -0.15) is 0 Å². The lowest BCUT2D eigenvalue weighted by Crippen LogP contribution is -2.46. The standard InChI is InChI=1S/C15H18BrN3S/c1-11-4-3-5-13(12(11)2)18-6-8-19(9-7-18)15-17-14(16)10-20-15/h3-5,10H,6-9H2,1-2H3. The van der Waals surface area contributed by atoms with Crippen LogP contribution < -0.4 is 9.80 Å². The molecule has 1 saturated heterocycles. The molecule has 0 aliphatic carbocycles. The van der Waals surface area contributed by atoms with Gasteiger partial charge in [0.25, 0.3) is 0 Å². The van der Waals surface area contributed by atoms with Gasteiger partial charge >= 0.3 is 0 Å². The van der Waals surface area contributed by atoms with Gasteiger partial charge in [-0.15, -0.1) is 11.3 Å². The molecule has 2 heterocycles. The first-order valence-electron chi connectivity index (χ1n) is 6.82. The molecular weight excluding hydrogens is 334 g/mol. The van der Waals surface area contributed by atoms with Gasteiger partial charge in [-0.1, -0.05) is 12.1 Å². The van der Waals surface area contributed by atoms with Crippen LogP contribution in [0.3, 0.4) is 0 Å². The highest BCUT2D eigenvalue weighted by Gasteiger charge is 2.20. The van der Waals surface area contributed by atoms with E-state index < -0.39 is 0 Å². The molecule has 106 valence electrons. The molecule has 20 heavy (non-hydrogen) atoms. The Hall–Kier alpha value is -1.07. The van der Waals surface area contributed by atoms with Crippen LogP contribution in [-0.2, 0) is 0 Å². The van der Waals surface area contributed by atoms with Gasteiger partial charge in [0, 0.05) is 37.2 Å². The zero-order chi connectivity index (χ0) is 14.1. The van der Waals surface area contributed by atoms with Crippen molar-refractivity contribution in [3.63, 3.8) is 0 Å². The van der Waals surface area contributed by atoms with E-state index in [2.05, 4.69) is 62.8 Å². The Morgan fingerprint density at radius 3 is 2.45 bits per heavy atom. The lowest BCUT2D eigenvalue weighted by atomic mass is 10.1. The third-order valence-electron chi connectivity index (χ3n) is 3.93. The minimum absolute atomic E-state index is 0.939. The van der Waals surface area contributed by atoms with Crippen LogP contribution in [0.1, 0.15) is 11.1 Å². The van der Waals surface area contributed by atoms with Crippen molar-refractivity contribution < 1.29 is 0 Å². The van der Waals surface area contributed by atoms with Gasteiger partial charge in [0.15, 0.2) is 5.13 Å². The number of anilines is 2. The Morgan fingerprint density at radius 1 is 1.10 bits per heavy atom. The Labute approximate surface area is 132 Å². The van der Waals surface area contributed by atoms with E-state index in [1.807, 2.05) is 5.38 Å². The van der Waals surface area contributed by atoms with Crippen molar-refractivity contribution >= 4 is 38.1 Å².